The number of aromatic nitrogens is 2. The Hall–Kier alpha value is -2.60. The zero-order valence-electron chi connectivity index (χ0n) is 12.2. The van der Waals surface area contributed by atoms with E-state index < -0.39 is 5.97 Å². The summed E-state index contributed by atoms with van der Waals surface area (Å²) in [6, 6.07) is 11.3. The Morgan fingerprint density at radius 2 is 2.00 bits per heavy atom. The minimum atomic E-state index is -1.00. The Morgan fingerprint density at radius 1 is 1.26 bits per heavy atom. The predicted molar refractivity (Wildman–Crippen MR) is 91.5 cm³/mol. The molecule has 2 heterocycles. The summed E-state index contributed by atoms with van der Waals surface area (Å²) in [5.41, 5.74) is 3.04. The van der Waals surface area contributed by atoms with Gasteiger partial charge in [0.2, 0.25) is 0 Å². The highest BCUT2D eigenvalue weighted by atomic mass is 79.9. The van der Waals surface area contributed by atoms with Crippen LogP contribution in [0.2, 0.25) is 0 Å². The molecular weight excluding hydrogens is 360 g/mol. The molecule has 0 amide bonds. The quantitative estimate of drug-likeness (QED) is 0.706. The number of rotatable bonds is 4. The van der Waals surface area contributed by atoms with Gasteiger partial charge in [0.25, 0.3) is 0 Å². The van der Waals surface area contributed by atoms with E-state index >= 15 is 0 Å². The summed E-state index contributed by atoms with van der Waals surface area (Å²) in [6.07, 6.45) is 4.52. The molecule has 23 heavy (non-hydrogen) atoms. The molecule has 0 spiro atoms. The van der Waals surface area contributed by atoms with Crippen molar-refractivity contribution in [3.8, 4) is 17.0 Å². The van der Waals surface area contributed by atoms with Crippen LogP contribution in [0.4, 0.5) is 0 Å². The minimum absolute atomic E-state index is 0.703. The largest absolute Gasteiger partial charge is 0.497 e. The molecule has 0 bridgehead atoms. The van der Waals surface area contributed by atoms with E-state index in [1.54, 1.807) is 13.2 Å². The Balaban J connectivity index is 2.21. The minimum Gasteiger partial charge on any atom is -0.497 e. The molecule has 3 aromatic rings. The van der Waals surface area contributed by atoms with Crippen LogP contribution in [0, 0.1) is 0 Å². The van der Waals surface area contributed by atoms with Crippen molar-refractivity contribution < 1.29 is 14.6 Å². The number of nitrogens with zero attached hydrogens (tertiary/aromatic N) is 2. The molecule has 0 aliphatic heterocycles. The molecule has 0 radical (unpaired) electrons. The Kier molecular flexibility index (Phi) is 4.16. The third-order valence-electron chi connectivity index (χ3n) is 3.37. The van der Waals surface area contributed by atoms with Crippen LogP contribution in [0.15, 0.2) is 53.1 Å². The molecule has 1 N–H and O–H groups in total. The fourth-order valence-corrected chi connectivity index (χ4v) is 2.64. The molecule has 5 nitrogen and oxygen atoms in total. The Morgan fingerprint density at radius 3 is 2.65 bits per heavy atom. The molecule has 0 unspecified atom stereocenters. The van der Waals surface area contributed by atoms with Crippen molar-refractivity contribution in [2.24, 2.45) is 0 Å². The highest BCUT2D eigenvalue weighted by Crippen LogP contribution is 2.28. The smallest absolute Gasteiger partial charge is 0.328 e. The molecule has 116 valence electrons. The van der Waals surface area contributed by atoms with Crippen LogP contribution in [0.25, 0.3) is 23.0 Å². The van der Waals surface area contributed by atoms with E-state index in [1.165, 1.54) is 0 Å². The van der Waals surface area contributed by atoms with Crippen LogP contribution < -0.4 is 4.74 Å². The van der Waals surface area contributed by atoms with Gasteiger partial charge in [0.1, 0.15) is 11.4 Å². The number of aliphatic carboxylic acids is 1. The second-order valence-electron chi connectivity index (χ2n) is 4.82. The predicted octanol–water partition coefficient (Wildman–Crippen LogP) is 3.87. The Bertz CT molecular complexity index is 898. The van der Waals surface area contributed by atoms with Crippen LogP contribution >= 0.6 is 15.9 Å². The van der Waals surface area contributed by atoms with E-state index in [1.807, 2.05) is 47.0 Å². The van der Waals surface area contributed by atoms with Crippen molar-refractivity contribution >= 4 is 33.6 Å². The highest BCUT2D eigenvalue weighted by molar-refractivity contribution is 9.10. The molecule has 6 heteroatoms. The molecule has 2 aromatic heterocycles. The molecule has 0 atom stereocenters. The third kappa shape index (κ3) is 3.12. The monoisotopic (exact) mass is 372 g/mol. The fraction of sp³-hybridized carbons (Fsp3) is 0.0588. The second-order valence-corrected chi connectivity index (χ2v) is 5.74. The molecule has 0 fully saturated rings. The van der Waals surface area contributed by atoms with Crippen molar-refractivity contribution in [1.29, 1.82) is 0 Å². The van der Waals surface area contributed by atoms with E-state index in [9.17, 15) is 4.79 Å². The lowest BCUT2D eigenvalue weighted by Gasteiger charge is -2.03. The topological polar surface area (TPSA) is 63.8 Å². The van der Waals surface area contributed by atoms with Crippen LogP contribution in [-0.2, 0) is 4.79 Å². The van der Waals surface area contributed by atoms with Gasteiger partial charge >= 0.3 is 5.97 Å². The molecule has 1 aromatic carbocycles. The molecular formula is C17H13BrN2O3. The number of hydrogen-bond donors (Lipinski definition) is 1. The number of carbonyl (C=O) groups is 1. The lowest BCUT2D eigenvalue weighted by Crippen LogP contribution is -1.91. The fourth-order valence-electron chi connectivity index (χ4n) is 2.31. The maximum absolute atomic E-state index is 10.9. The van der Waals surface area contributed by atoms with Crippen molar-refractivity contribution in [2.75, 3.05) is 7.11 Å². The number of benzene rings is 1. The van der Waals surface area contributed by atoms with Crippen molar-refractivity contribution in [3.05, 3.63) is 58.8 Å². The van der Waals surface area contributed by atoms with Gasteiger partial charge in [-0.05, 0) is 58.4 Å². The first-order chi connectivity index (χ1) is 11.1. The zero-order chi connectivity index (χ0) is 16.4. The standard InChI is InChI=1S/C17H13BrN2O3/c1-23-13-5-2-11(3-6-13)17-14(7-9-16(21)22)20-10-12(18)4-8-15(20)19-17/h2-10H,1H3,(H,21,22). The summed E-state index contributed by atoms with van der Waals surface area (Å²) in [4.78, 5) is 15.5. The summed E-state index contributed by atoms with van der Waals surface area (Å²) < 4.78 is 7.90. The first kappa shape index (κ1) is 15.3. The van der Waals surface area contributed by atoms with Gasteiger partial charge in [-0.15, -0.1) is 0 Å². The summed E-state index contributed by atoms with van der Waals surface area (Å²) in [7, 11) is 1.61. The lowest BCUT2D eigenvalue weighted by atomic mass is 10.1. The third-order valence-corrected chi connectivity index (χ3v) is 3.84. The second kappa shape index (κ2) is 6.26. The number of carboxylic acids is 1. The number of hydrogen-bond acceptors (Lipinski definition) is 3. The van der Waals surface area contributed by atoms with Crippen LogP contribution in [0.3, 0.4) is 0 Å². The van der Waals surface area contributed by atoms with E-state index in [4.69, 9.17) is 9.84 Å². The van der Waals surface area contributed by atoms with Crippen molar-refractivity contribution in [2.45, 2.75) is 0 Å². The molecule has 3 rings (SSSR count). The van der Waals surface area contributed by atoms with E-state index in [0.29, 0.717) is 11.4 Å². The first-order valence-corrected chi connectivity index (χ1v) is 7.61. The summed E-state index contributed by atoms with van der Waals surface area (Å²) >= 11 is 3.43. The van der Waals surface area contributed by atoms with Gasteiger partial charge in [0, 0.05) is 22.3 Å². The van der Waals surface area contributed by atoms with Gasteiger partial charge in [0.15, 0.2) is 0 Å². The average molecular weight is 373 g/mol. The molecule has 0 aliphatic rings. The van der Waals surface area contributed by atoms with Gasteiger partial charge in [-0.2, -0.15) is 0 Å². The van der Waals surface area contributed by atoms with Gasteiger partial charge in [-0.1, -0.05) is 0 Å². The van der Waals surface area contributed by atoms with E-state index in [0.717, 1.165) is 27.5 Å². The van der Waals surface area contributed by atoms with Crippen molar-refractivity contribution in [1.82, 2.24) is 9.38 Å². The number of pyridine rings is 1. The number of imidazole rings is 1. The van der Waals surface area contributed by atoms with Gasteiger partial charge < -0.3 is 9.84 Å². The number of halogens is 1. The number of ether oxygens (including phenoxy) is 1. The summed E-state index contributed by atoms with van der Waals surface area (Å²) in [6.45, 7) is 0. The van der Waals surface area contributed by atoms with Crippen LogP contribution in [-0.4, -0.2) is 27.6 Å². The van der Waals surface area contributed by atoms with E-state index in [2.05, 4.69) is 20.9 Å². The Labute approximate surface area is 141 Å². The zero-order valence-corrected chi connectivity index (χ0v) is 13.8. The normalized spacial score (nSPS) is 11.2. The SMILES string of the molecule is COc1ccc(-c2nc3ccc(Br)cn3c2C=CC(=O)O)cc1. The van der Waals surface area contributed by atoms with Crippen LogP contribution in [0.1, 0.15) is 5.69 Å². The van der Waals surface area contributed by atoms with Crippen LogP contribution in [0.5, 0.6) is 5.75 Å². The van der Waals surface area contributed by atoms with E-state index in [-0.39, 0.29) is 0 Å². The first-order valence-electron chi connectivity index (χ1n) is 6.81. The molecule has 0 saturated heterocycles. The van der Waals surface area contributed by atoms with Crippen molar-refractivity contribution in [3.63, 3.8) is 0 Å². The van der Waals surface area contributed by atoms with Gasteiger partial charge in [0.05, 0.1) is 18.5 Å². The number of methoxy groups -OCH3 is 1. The summed E-state index contributed by atoms with van der Waals surface area (Å²) in [5, 5.41) is 8.93. The lowest BCUT2D eigenvalue weighted by molar-refractivity contribution is -0.131. The highest BCUT2D eigenvalue weighted by Gasteiger charge is 2.12. The molecule has 0 aliphatic carbocycles. The maximum atomic E-state index is 10.9. The van der Waals surface area contributed by atoms with Gasteiger partial charge in [-0.25, -0.2) is 9.78 Å². The summed E-state index contributed by atoms with van der Waals surface area (Å²) in [5.74, 6) is -0.251. The molecule has 0 saturated carbocycles. The maximum Gasteiger partial charge on any atom is 0.328 e. The average Bonchev–Trinajstić information content (AvgIpc) is 2.90. The van der Waals surface area contributed by atoms with Gasteiger partial charge in [-0.3, -0.25) is 4.40 Å². The number of fused-ring (bicyclic) bond motifs is 1. The number of carboxylic acid groups (broad SMARTS) is 1.